The summed E-state index contributed by atoms with van der Waals surface area (Å²) in [6.07, 6.45) is 4.58. The van der Waals surface area contributed by atoms with E-state index in [1.165, 1.54) is 0 Å². The molecule has 0 spiro atoms. The first kappa shape index (κ1) is 18.3. The molecule has 1 aliphatic heterocycles. The van der Waals surface area contributed by atoms with Gasteiger partial charge in [-0.25, -0.2) is 4.79 Å². The zero-order chi connectivity index (χ0) is 18.2. The van der Waals surface area contributed by atoms with E-state index in [9.17, 15) is 4.79 Å². The van der Waals surface area contributed by atoms with E-state index in [0.717, 1.165) is 18.4 Å². The molecule has 3 heterocycles. The van der Waals surface area contributed by atoms with E-state index in [1.807, 2.05) is 12.1 Å². The fourth-order valence-electron chi connectivity index (χ4n) is 2.63. The van der Waals surface area contributed by atoms with Crippen molar-refractivity contribution in [3.8, 4) is 11.4 Å². The molecule has 1 fully saturated rings. The van der Waals surface area contributed by atoms with Crippen LogP contribution in [0.2, 0.25) is 0 Å². The lowest BCUT2D eigenvalue weighted by atomic mass is 10.1. The maximum absolute atomic E-state index is 11.9. The van der Waals surface area contributed by atoms with Crippen LogP contribution in [0.25, 0.3) is 11.4 Å². The van der Waals surface area contributed by atoms with E-state index in [4.69, 9.17) is 18.7 Å². The summed E-state index contributed by atoms with van der Waals surface area (Å²) in [4.78, 5) is 21.8. The van der Waals surface area contributed by atoms with Gasteiger partial charge in [0.05, 0.1) is 12.7 Å². The van der Waals surface area contributed by atoms with E-state index in [2.05, 4.69) is 15.1 Å². The van der Waals surface area contributed by atoms with Crippen molar-refractivity contribution in [2.75, 3.05) is 33.4 Å². The topological polar surface area (TPSA) is 99.8 Å². The lowest BCUT2D eigenvalue weighted by Gasteiger charge is -2.30. The summed E-state index contributed by atoms with van der Waals surface area (Å²) >= 11 is 0. The minimum atomic E-state index is -0.306. The average Bonchev–Trinajstić information content (AvgIpc) is 3.17. The molecule has 1 saturated heterocycles. The van der Waals surface area contributed by atoms with Gasteiger partial charge in [-0.05, 0) is 25.0 Å². The second-order valence-corrected chi connectivity index (χ2v) is 5.85. The Hall–Kier alpha value is -2.52. The van der Waals surface area contributed by atoms with E-state index >= 15 is 0 Å². The molecule has 2 aromatic rings. The Morgan fingerprint density at radius 2 is 2.04 bits per heavy atom. The third-order valence-electron chi connectivity index (χ3n) is 4.06. The minimum Gasteiger partial charge on any atom is -0.447 e. The van der Waals surface area contributed by atoms with Gasteiger partial charge in [0.15, 0.2) is 0 Å². The lowest BCUT2D eigenvalue weighted by Crippen LogP contribution is -2.41. The van der Waals surface area contributed by atoms with Crippen LogP contribution in [-0.4, -0.2) is 65.6 Å². The van der Waals surface area contributed by atoms with Gasteiger partial charge in [-0.15, -0.1) is 0 Å². The van der Waals surface area contributed by atoms with Crippen molar-refractivity contribution in [1.82, 2.24) is 20.0 Å². The third-order valence-corrected chi connectivity index (χ3v) is 4.06. The molecule has 0 atom stereocenters. The van der Waals surface area contributed by atoms with Crippen LogP contribution in [-0.2, 0) is 20.8 Å². The Balaban J connectivity index is 1.40. The second-order valence-electron chi connectivity index (χ2n) is 5.85. The Morgan fingerprint density at radius 3 is 2.77 bits per heavy atom. The van der Waals surface area contributed by atoms with Crippen LogP contribution in [0.3, 0.4) is 0 Å². The van der Waals surface area contributed by atoms with Gasteiger partial charge in [-0.3, -0.25) is 4.98 Å². The quantitative estimate of drug-likeness (QED) is 0.689. The van der Waals surface area contributed by atoms with Gasteiger partial charge in [0.25, 0.3) is 5.89 Å². The smallest absolute Gasteiger partial charge is 0.409 e. The summed E-state index contributed by atoms with van der Waals surface area (Å²) in [5, 5.41) is 3.95. The predicted molar refractivity (Wildman–Crippen MR) is 90.1 cm³/mol. The summed E-state index contributed by atoms with van der Waals surface area (Å²) in [7, 11) is 1.57. The molecular weight excluding hydrogens is 340 g/mol. The van der Waals surface area contributed by atoms with E-state index in [-0.39, 0.29) is 25.4 Å². The molecule has 0 radical (unpaired) electrons. The van der Waals surface area contributed by atoms with E-state index < -0.39 is 0 Å². The molecule has 9 nitrogen and oxygen atoms in total. The van der Waals surface area contributed by atoms with Crippen molar-refractivity contribution in [3.05, 3.63) is 30.4 Å². The first-order chi connectivity index (χ1) is 12.8. The Bertz CT molecular complexity index is 685. The first-order valence-electron chi connectivity index (χ1n) is 8.51. The van der Waals surface area contributed by atoms with Gasteiger partial charge in [0.1, 0.15) is 13.2 Å². The number of hydrogen-bond acceptors (Lipinski definition) is 8. The maximum atomic E-state index is 11.9. The number of carbonyl (C=O) groups is 1. The number of aromatic nitrogens is 3. The van der Waals surface area contributed by atoms with Gasteiger partial charge in [0, 0.05) is 38.2 Å². The second kappa shape index (κ2) is 9.25. The minimum absolute atomic E-state index is 0.0503. The zero-order valence-electron chi connectivity index (χ0n) is 14.7. The summed E-state index contributed by atoms with van der Waals surface area (Å²) in [6, 6.07) is 3.63. The summed E-state index contributed by atoms with van der Waals surface area (Å²) < 4.78 is 21.0. The van der Waals surface area contributed by atoms with Gasteiger partial charge >= 0.3 is 6.09 Å². The molecule has 0 aromatic carbocycles. The molecule has 0 bridgehead atoms. The normalized spacial score (nSPS) is 15.2. The lowest BCUT2D eigenvalue weighted by molar-refractivity contribution is -0.0138. The summed E-state index contributed by atoms with van der Waals surface area (Å²) in [5.41, 5.74) is 0.843. The number of pyridine rings is 1. The van der Waals surface area contributed by atoms with Crippen LogP contribution in [0.5, 0.6) is 0 Å². The molecule has 1 aliphatic rings. The van der Waals surface area contributed by atoms with Crippen LogP contribution < -0.4 is 0 Å². The van der Waals surface area contributed by atoms with Crippen molar-refractivity contribution < 1.29 is 23.5 Å². The van der Waals surface area contributed by atoms with Gasteiger partial charge in [-0.2, -0.15) is 4.98 Å². The van der Waals surface area contributed by atoms with Gasteiger partial charge in [0.2, 0.25) is 5.82 Å². The molecule has 0 aliphatic carbocycles. The SMILES string of the molecule is COCCOC(=O)N1CCC(OCc2nc(-c3ccncc3)no2)CC1. The maximum Gasteiger partial charge on any atom is 0.409 e. The Kier molecular flexibility index (Phi) is 6.50. The van der Waals surface area contributed by atoms with Gasteiger partial charge < -0.3 is 23.6 Å². The number of likely N-dealkylation sites (tertiary alicyclic amines) is 1. The molecule has 0 unspecified atom stereocenters. The number of rotatable bonds is 7. The molecule has 0 N–H and O–H groups in total. The third kappa shape index (κ3) is 4.99. The standard InChI is InChI=1S/C17H22N4O5/c1-23-10-11-24-17(22)21-8-4-14(5-9-21)25-12-15-19-16(20-26-15)13-2-6-18-7-3-13/h2-3,6-7,14H,4-5,8-12H2,1H3. The molecular formula is C17H22N4O5. The monoisotopic (exact) mass is 362 g/mol. The highest BCUT2D eigenvalue weighted by Crippen LogP contribution is 2.18. The van der Waals surface area contributed by atoms with Crippen molar-refractivity contribution >= 4 is 6.09 Å². The first-order valence-corrected chi connectivity index (χ1v) is 8.51. The Labute approximate surface area is 151 Å². The number of hydrogen-bond donors (Lipinski definition) is 0. The van der Waals surface area contributed by atoms with Gasteiger partial charge in [-0.1, -0.05) is 5.16 Å². The number of carbonyl (C=O) groups excluding carboxylic acids is 1. The van der Waals surface area contributed by atoms with E-state index in [1.54, 1.807) is 24.4 Å². The van der Waals surface area contributed by atoms with Crippen LogP contribution in [0, 0.1) is 0 Å². The fourth-order valence-corrected chi connectivity index (χ4v) is 2.63. The number of piperidine rings is 1. The van der Waals surface area contributed by atoms with Crippen molar-refractivity contribution in [1.29, 1.82) is 0 Å². The highest BCUT2D eigenvalue weighted by Gasteiger charge is 2.24. The molecule has 3 rings (SSSR count). The molecule has 1 amide bonds. The summed E-state index contributed by atoms with van der Waals surface area (Å²) in [6.45, 7) is 2.12. The van der Waals surface area contributed by atoms with Crippen molar-refractivity contribution in [2.24, 2.45) is 0 Å². The highest BCUT2D eigenvalue weighted by atomic mass is 16.6. The molecule has 9 heteroatoms. The highest BCUT2D eigenvalue weighted by molar-refractivity contribution is 5.67. The van der Waals surface area contributed by atoms with E-state index in [0.29, 0.717) is 31.4 Å². The van der Waals surface area contributed by atoms with Crippen LogP contribution in [0.4, 0.5) is 4.79 Å². The molecule has 140 valence electrons. The van der Waals surface area contributed by atoms with Crippen LogP contribution in [0.15, 0.2) is 29.0 Å². The predicted octanol–water partition coefficient (Wildman–Crippen LogP) is 1.90. The molecule has 26 heavy (non-hydrogen) atoms. The number of nitrogens with zero attached hydrogens (tertiary/aromatic N) is 4. The van der Waals surface area contributed by atoms with Crippen molar-refractivity contribution in [3.63, 3.8) is 0 Å². The van der Waals surface area contributed by atoms with Crippen LogP contribution >= 0.6 is 0 Å². The number of methoxy groups -OCH3 is 1. The zero-order valence-corrected chi connectivity index (χ0v) is 14.7. The van der Waals surface area contributed by atoms with Crippen molar-refractivity contribution in [2.45, 2.75) is 25.6 Å². The summed E-state index contributed by atoms with van der Waals surface area (Å²) in [5.74, 6) is 0.942. The molecule has 0 saturated carbocycles. The fraction of sp³-hybridized carbons (Fsp3) is 0.529. The number of ether oxygens (including phenoxy) is 3. The largest absolute Gasteiger partial charge is 0.447 e. The average molecular weight is 362 g/mol. The number of amides is 1. The Morgan fingerprint density at radius 1 is 1.27 bits per heavy atom. The molecule has 2 aromatic heterocycles. The van der Waals surface area contributed by atoms with Crippen LogP contribution in [0.1, 0.15) is 18.7 Å².